The summed E-state index contributed by atoms with van der Waals surface area (Å²) in [5.74, 6) is 0.377. The molecule has 4 nitrogen and oxygen atoms in total. The molecule has 0 radical (unpaired) electrons. The maximum Gasteiger partial charge on any atom is 0.230 e. The third-order valence-electron chi connectivity index (χ3n) is 2.70. The monoisotopic (exact) mass is 293 g/mol. The molecule has 1 amide bonds. The van der Waals surface area contributed by atoms with Crippen molar-refractivity contribution in [2.75, 3.05) is 5.75 Å². The molecule has 0 saturated heterocycles. The van der Waals surface area contributed by atoms with Crippen LogP contribution in [0.1, 0.15) is 24.1 Å². The molecule has 0 saturated carbocycles. The number of aromatic nitrogens is 2. The summed E-state index contributed by atoms with van der Waals surface area (Å²) >= 11 is 2.85. The highest BCUT2D eigenvalue weighted by Crippen LogP contribution is 2.20. The summed E-state index contributed by atoms with van der Waals surface area (Å²) in [4.78, 5) is 11.9. The van der Waals surface area contributed by atoms with Gasteiger partial charge in [-0.15, -0.1) is 10.2 Å². The Morgan fingerprint density at radius 2 is 2.26 bits per heavy atom. The third kappa shape index (κ3) is 4.04. The fraction of sp³-hybridized carbons (Fsp3) is 0.308. The molecule has 2 aromatic rings. The Labute approximate surface area is 120 Å². The van der Waals surface area contributed by atoms with E-state index >= 15 is 0 Å². The Kier molecular flexibility index (Phi) is 4.93. The lowest BCUT2D eigenvalue weighted by Crippen LogP contribution is -2.28. The van der Waals surface area contributed by atoms with Gasteiger partial charge in [0, 0.05) is 0 Å². The van der Waals surface area contributed by atoms with Crippen molar-refractivity contribution in [2.24, 2.45) is 0 Å². The van der Waals surface area contributed by atoms with Crippen molar-refractivity contribution in [2.45, 2.75) is 24.2 Å². The second-order valence-electron chi connectivity index (χ2n) is 4.14. The maximum absolute atomic E-state index is 11.9. The van der Waals surface area contributed by atoms with Gasteiger partial charge >= 0.3 is 0 Å². The highest BCUT2D eigenvalue weighted by molar-refractivity contribution is 8.01. The van der Waals surface area contributed by atoms with E-state index in [9.17, 15) is 4.79 Å². The molecule has 19 heavy (non-hydrogen) atoms. The van der Waals surface area contributed by atoms with Gasteiger partial charge in [0.15, 0.2) is 4.34 Å². The Morgan fingerprint density at radius 3 is 2.95 bits per heavy atom. The number of amides is 1. The number of rotatable bonds is 5. The maximum atomic E-state index is 11.9. The van der Waals surface area contributed by atoms with E-state index < -0.39 is 0 Å². The van der Waals surface area contributed by atoms with Gasteiger partial charge in [-0.25, -0.2) is 0 Å². The fourth-order valence-corrected chi connectivity index (χ4v) is 3.09. The first-order valence-electron chi connectivity index (χ1n) is 5.90. The molecular weight excluding hydrogens is 278 g/mol. The van der Waals surface area contributed by atoms with Crippen molar-refractivity contribution >= 4 is 29.0 Å². The first kappa shape index (κ1) is 14.0. The second-order valence-corrected chi connectivity index (χ2v) is 6.19. The zero-order valence-electron chi connectivity index (χ0n) is 10.8. The van der Waals surface area contributed by atoms with E-state index in [0.29, 0.717) is 5.75 Å². The van der Waals surface area contributed by atoms with Gasteiger partial charge in [-0.3, -0.25) is 4.79 Å². The predicted molar refractivity (Wildman–Crippen MR) is 78.4 cm³/mol. The molecule has 0 aliphatic carbocycles. The summed E-state index contributed by atoms with van der Waals surface area (Å²) in [5.41, 5.74) is 4.00. The Bertz CT molecular complexity index is 543. The number of carbonyl (C=O) groups excluding carboxylic acids is 1. The molecule has 0 aliphatic heterocycles. The standard InChI is InChI=1S/C13H15N3OS2/c1-9-5-3-4-6-11(9)10(2)15-12(17)7-18-13-16-14-8-19-13/h3-6,8,10H,7H2,1-2H3,(H,15,17)/t10-/m1/s1. The van der Waals surface area contributed by atoms with E-state index in [2.05, 4.69) is 15.5 Å². The summed E-state index contributed by atoms with van der Waals surface area (Å²) in [6.07, 6.45) is 0. The van der Waals surface area contributed by atoms with Gasteiger partial charge in [-0.2, -0.15) is 0 Å². The average molecular weight is 293 g/mol. The van der Waals surface area contributed by atoms with Crippen LogP contribution >= 0.6 is 23.1 Å². The zero-order valence-corrected chi connectivity index (χ0v) is 12.4. The van der Waals surface area contributed by atoms with Crippen molar-refractivity contribution in [3.8, 4) is 0 Å². The van der Waals surface area contributed by atoms with Gasteiger partial charge in [-0.1, -0.05) is 47.4 Å². The Hall–Kier alpha value is -1.40. The Morgan fingerprint density at radius 1 is 1.47 bits per heavy atom. The molecule has 1 heterocycles. The van der Waals surface area contributed by atoms with Gasteiger partial charge in [0.05, 0.1) is 11.8 Å². The first-order chi connectivity index (χ1) is 9.16. The van der Waals surface area contributed by atoms with Gasteiger partial charge in [0.25, 0.3) is 0 Å². The minimum absolute atomic E-state index is 0.0101. The van der Waals surface area contributed by atoms with Crippen LogP contribution in [0.25, 0.3) is 0 Å². The molecule has 100 valence electrons. The van der Waals surface area contributed by atoms with Crippen molar-refractivity contribution in [3.63, 3.8) is 0 Å². The van der Waals surface area contributed by atoms with Crippen LogP contribution in [0.3, 0.4) is 0 Å². The largest absolute Gasteiger partial charge is 0.349 e. The summed E-state index contributed by atoms with van der Waals surface area (Å²) in [6, 6.07) is 8.09. The molecule has 2 rings (SSSR count). The van der Waals surface area contributed by atoms with Crippen molar-refractivity contribution in [1.29, 1.82) is 0 Å². The number of thioether (sulfide) groups is 1. The predicted octanol–water partition coefficient (Wildman–Crippen LogP) is 2.82. The number of carbonyl (C=O) groups is 1. The number of benzene rings is 1. The quantitative estimate of drug-likeness (QED) is 0.861. The molecule has 1 aromatic heterocycles. The minimum Gasteiger partial charge on any atom is -0.349 e. The average Bonchev–Trinajstić information content (AvgIpc) is 2.90. The van der Waals surface area contributed by atoms with Gasteiger partial charge in [0.1, 0.15) is 5.51 Å². The third-order valence-corrected chi connectivity index (χ3v) is 4.56. The van der Waals surface area contributed by atoms with Crippen LogP contribution in [0.2, 0.25) is 0 Å². The van der Waals surface area contributed by atoms with E-state index in [-0.39, 0.29) is 11.9 Å². The fourth-order valence-electron chi connectivity index (χ4n) is 1.79. The summed E-state index contributed by atoms with van der Waals surface area (Å²) in [7, 11) is 0. The highest BCUT2D eigenvalue weighted by atomic mass is 32.2. The van der Waals surface area contributed by atoms with E-state index in [0.717, 1.165) is 9.90 Å². The molecule has 6 heteroatoms. The van der Waals surface area contributed by atoms with Crippen LogP contribution < -0.4 is 5.32 Å². The summed E-state index contributed by atoms with van der Waals surface area (Å²) in [6.45, 7) is 4.05. The number of hydrogen-bond donors (Lipinski definition) is 1. The smallest absolute Gasteiger partial charge is 0.230 e. The molecule has 0 fully saturated rings. The lowest BCUT2D eigenvalue weighted by Gasteiger charge is -2.16. The second kappa shape index (κ2) is 6.68. The zero-order chi connectivity index (χ0) is 13.7. The van der Waals surface area contributed by atoms with Gasteiger partial charge in [-0.05, 0) is 25.0 Å². The number of hydrogen-bond acceptors (Lipinski definition) is 5. The van der Waals surface area contributed by atoms with Crippen LogP contribution in [0.15, 0.2) is 34.1 Å². The molecule has 0 unspecified atom stereocenters. The molecule has 0 spiro atoms. The minimum atomic E-state index is 0.0101. The van der Waals surface area contributed by atoms with E-state index in [4.69, 9.17) is 0 Å². The SMILES string of the molecule is Cc1ccccc1[C@@H](C)NC(=O)CSc1nncs1. The van der Waals surface area contributed by atoms with Crippen molar-refractivity contribution < 1.29 is 4.79 Å². The molecule has 0 bridgehead atoms. The number of nitrogens with zero attached hydrogens (tertiary/aromatic N) is 2. The van der Waals surface area contributed by atoms with Crippen molar-refractivity contribution in [1.82, 2.24) is 15.5 Å². The van der Waals surface area contributed by atoms with Gasteiger partial charge in [0.2, 0.25) is 5.91 Å². The van der Waals surface area contributed by atoms with Crippen LogP contribution in [0.5, 0.6) is 0 Å². The van der Waals surface area contributed by atoms with Crippen molar-refractivity contribution in [3.05, 3.63) is 40.9 Å². The molecule has 0 aliphatic rings. The summed E-state index contributed by atoms with van der Waals surface area (Å²) in [5, 5.41) is 10.6. The van der Waals surface area contributed by atoms with E-state index in [1.807, 2.05) is 38.1 Å². The number of nitrogens with one attached hydrogen (secondary N) is 1. The van der Waals surface area contributed by atoms with E-state index in [1.54, 1.807) is 5.51 Å². The molecule has 1 atom stereocenters. The normalized spacial score (nSPS) is 12.1. The molecular formula is C13H15N3OS2. The lowest BCUT2D eigenvalue weighted by molar-refractivity contribution is -0.119. The van der Waals surface area contributed by atoms with Gasteiger partial charge < -0.3 is 5.32 Å². The number of aryl methyl sites for hydroxylation is 1. The van der Waals surface area contributed by atoms with Crippen LogP contribution in [0, 0.1) is 6.92 Å². The van der Waals surface area contributed by atoms with E-state index in [1.165, 1.54) is 28.7 Å². The topological polar surface area (TPSA) is 54.9 Å². The van der Waals surface area contributed by atoms with Crippen LogP contribution in [-0.4, -0.2) is 21.9 Å². The van der Waals surface area contributed by atoms with Crippen LogP contribution in [-0.2, 0) is 4.79 Å². The molecule has 1 aromatic carbocycles. The highest BCUT2D eigenvalue weighted by Gasteiger charge is 2.12. The lowest BCUT2D eigenvalue weighted by atomic mass is 10.0. The van der Waals surface area contributed by atoms with Crippen LogP contribution in [0.4, 0.5) is 0 Å². The molecule has 1 N–H and O–H groups in total. The Balaban J connectivity index is 1.87. The first-order valence-corrected chi connectivity index (χ1v) is 7.77. The summed E-state index contributed by atoms with van der Waals surface area (Å²) < 4.78 is 0.818.